The first-order chi connectivity index (χ1) is 8.20. The van der Waals surface area contributed by atoms with Gasteiger partial charge in [0.1, 0.15) is 5.75 Å². The summed E-state index contributed by atoms with van der Waals surface area (Å²) < 4.78 is 6.47. The molecule has 0 spiro atoms. The summed E-state index contributed by atoms with van der Waals surface area (Å²) in [5, 5.41) is 0. The Balaban J connectivity index is 2.08. The quantitative estimate of drug-likeness (QED) is 0.927. The lowest BCUT2D eigenvalue weighted by molar-refractivity contribution is 0.400. The van der Waals surface area contributed by atoms with Crippen molar-refractivity contribution >= 4 is 27.7 Å². The van der Waals surface area contributed by atoms with Crippen LogP contribution >= 0.6 is 27.7 Å². The third kappa shape index (κ3) is 3.39. The Kier molecular flexibility index (Phi) is 4.77. The van der Waals surface area contributed by atoms with Gasteiger partial charge in [-0.3, -0.25) is 0 Å². The van der Waals surface area contributed by atoms with Gasteiger partial charge in [-0.2, -0.15) is 11.8 Å². The minimum Gasteiger partial charge on any atom is -0.496 e. The van der Waals surface area contributed by atoms with Crippen molar-refractivity contribution in [1.29, 1.82) is 0 Å². The molecule has 1 fully saturated rings. The summed E-state index contributed by atoms with van der Waals surface area (Å²) in [5.41, 5.74) is 7.50. The summed E-state index contributed by atoms with van der Waals surface area (Å²) in [6, 6.07) is 6.35. The molecule has 0 saturated carbocycles. The highest BCUT2D eigenvalue weighted by Crippen LogP contribution is 2.29. The van der Waals surface area contributed by atoms with Crippen molar-refractivity contribution in [3.63, 3.8) is 0 Å². The van der Waals surface area contributed by atoms with Gasteiger partial charge in [-0.15, -0.1) is 0 Å². The summed E-state index contributed by atoms with van der Waals surface area (Å²) >= 11 is 5.51. The average Bonchev–Trinajstić information content (AvgIpc) is 2.83. The standard InChI is InChI=1S/C13H18BrNOS/c1-16-13-3-2-11(14)6-10(13)7-12(15)9-4-5-17-8-9/h2-3,6,9,12H,4-5,7-8,15H2,1H3. The SMILES string of the molecule is COc1ccc(Br)cc1CC(N)C1CCSC1. The summed E-state index contributed by atoms with van der Waals surface area (Å²) in [6.45, 7) is 0. The van der Waals surface area contributed by atoms with Crippen molar-refractivity contribution in [2.24, 2.45) is 11.7 Å². The van der Waals surface area contributed by atoms with Crippen LogP contribution in [0.3, 0.4) is 0 Å². The van der Waals surface area contributed by atoms with E-state index in [0.29, 0.717) is 5.92 Å². The van der Waals surface area contributed by atoms with E-state index in [9.17, 15) is 0 Å². The highest BCUT2D eigenvalue weighted by Gasteiger charge is 2.23. The van der Waals surface area contributed by atoms with Crippen LogP contribution in [-0.2, 0) is 6.42 Å². The van der Waals surface area contributed by atoms with Crippen LogP contribution in [-0.4, -0.2) is 24.7 Å². The molecule has 2 unspecified atom stereocenters. The molecule has 1 aromatic carbocycles. The third-order valence-corrected chi connectivity index (χ3v) is 4.95. The molecule has 1 aromatic rings. The van der Waals surface area contributed by atoms with Gasteiger partial charge < -0.3 is 10.5 Å². The molecular weight excluding hydrogens is 298 g/mol. The van der Waals surface area contributed by atoms with Gasteiger partial charge in [-0.1, -0.05) is 15.9 Å². The van der Waals surface area contributed by atoms with Crippen molar-refractivity contribution in [1.82, 2.24) is 0 Å². The van der Waals surface area contributed by atoms with Gasteiger partial charge in [0.15, 0.2) is 0 Å². The number of thioether (sulfide) groups is 1. The zero-order chi connectivity index (χ0) is 12.3. The average molecular weight is 316 g/mol. The van der Waals surface area contributed by atoms with E-state index in [0.717, 1.165) is 16.6 Å². The van der Waals surface area contributed by atoms with E-state index in [-0.39, 0.29) is 6.04 Å². The van der Waals surface area contributed by atoms with Crippen molar-refractivity contribution in [2.45, 2.75) is 18.9 Å². The fourth-order valence-corrected chi connectivity index (χ4v) is 3.98. The molecule has 0 aliphatic carbocycles. The minimum atomic E-state index is 0.244. The lowest BCUT2D eigenvalue weighted by Crippen LogP contribution is -2.32. The van der Waals surface area contributed by atoms with E-state index in [4.69, 9.17) is 10.5 Å². The van der Waals surface area contributed by atoms with Crippen LogP contribution in [0.1, 0.15) is 12.0 Å². The molecule has 17 heavy (non-hydrogen) atoms. The van der Waals surface area contributed by atoms with Crippen LogP contribution in [0, 0.1) is 5.92 Å². The summed E-state index contributed by atoms with van der Waals surface area (Å²) in [4.78, 5) is 0. The van der Waals surface area contributed by atoms with Crippen LogP contribution < -0.4 is 10.5 Å². The molecule has 1 saturated heterocycles. The Morgan fingerprint density at radius 2 is 2.41 bits per heavy atom. The number of rotatable bonds is 4. The Labute approximate surface area is 115 Å². The van der Waals surface area contributed by atoms with Gasteiger partial charge >= 0.3 is 0 Å². The van der Waals surface area contributed by atoms with Crippen molar-refractivity contribution < 1.29 is 4.74 Å². The first-order valence-electron chi connectivity index (χ1n) is 5.86. The molecule has 94 valence electrons. The Bertz CT molecular complexity index is 380. The van der Waals surface area contributed by atoms with E-state index >= 15 is 0 Å². The van der Waals surface area contributed by atoms with Gasteiger partial charge in [0.05, 0.1) is 7.11 Å². The van der Waals surface area contributed by atoms with Gasteiger partial charge in [0, 0.05) is 10.5 Å². The monoisotopic (exact) mass is 315 g/mol. The molecular formula is C13H18BrNOS. The maximum absolute atomic E-state index is 6.30. The highest BCUT2D eigenvalue weighted by molar-refractivity contribution is 9.10. The molecule has 1 aliphatic heterocycles. The lowest BCUT2D eigenvalue weighted by atomic mass is 9.93. The van der Waals surface area contributed by atoms with E-state index in [1.807, 2.05) is 23.9 Å². The molecule has 0 bridgehead atoms. The molecule has 1 heterocycles. The molecule has 0 amide bonds. The van der Waals surface area contributed by atoms with E-state index in [1.165, 1.54) is 23.5 Å². The Hall–Kier alpha value is -0.190. The smallest absolute Gasteiger partial charge is 0.122 e. The predicted octanol–water partition coefficient (Wildman–Crippen LogP) is 3.08. The van der Waals surface area contributed by atoms with Crippen molar-refractivity contribution in [2.75, 3.05) is 18.6 Å². The first-order valence-corrected chi connectivity index (χ1v) is 7.81. The van der Waals surface area contributed by atoms with Crippen molar-refractivity contribution in [3.8, 4) is 5.75 Å². The third-order valence-electron chi connectivity index (χ3n) is 3.27. The largest absolute Gasteiger partial charge is 0.496 e. The van der Waals surface area contributed by atoms with Gasteiger partial charge in [-0.25, -0.2) is 0 Å². The number of hydrogen-bond acceptors (Lipinski definition) is 3. The van der Waals surface area contributed by atoms with Crippen LogP contribution in [0.4, 0.5) is 0 Å². The molecule has 1 aliphatic rings. The molecule has 2 rings (SSSR count). The van der Waals surface area contributed by atoms with E-state index in [2.05, 4.69) is 22.0 Å². The van der Waals surface area contributed by atoms with Crippen LogP contribution in [0.15, 0.2) is 22.7 Å². The summed E-state index contributed by atoms with van der Waals surface area (Å²) in [6.07, 6.45) is 2.15. The van der Waals surface area contributed by atoms with Crippen LogP contribution in [0.5, 0.6) is 5.75 Å². The van der Waals surface area contributed by atoms with E-state index in [1.54, 1.807) is 7.11 Å². The Morgan fingerprint density at radius 3 is 3.06 bits per heavy atom. The van der Waals surface area contributed by atoms with Gasteiger partial charge in [0.2, 0.25) is 0 Å². The lowest BCUT2D eigenvalue weighted by Gasteiger charge is -2.19. The fraction of sp³-hybridized carbons (Fsp3) is 0.538. The maximum Gasteiger partial charge on any atom is 0.122 e. The normalized spacial score (nSPS) is 21.5. The zero-order valence-electron chi connectivity index (χ0n) is 9.99. The topological polar surface area (TPSA) is 35.2 Å². The molecule has 4 heteroatoms. The van der Waals surface area contributed by atoms with Gasteiger partial charge in [-0.05, 0) is 54.0 Å². The number of benzene rings is 1. The minimum absolute atomic E-state index is 0.244. The zero-order valence-corrected chi connectivity index (χ0v) is 12.4. The summed E-state index contributed by atoms with van der Waals surface area (Å²) in [7, 11) is 1.71. The number of ether oxygens (including phenoxy) is 1. The summed E-state index contributed by atoms with van der Waals surface area (Å²) in [5.74, 6) is 4.06. The van der Waals surface area contributed by atoms with Crippen LogP contribution in [0.2, 0.25) is 0 Å². The first kappa shape index (κ1) is 13.2. The second-order valence-electron chi connectivity index (χ2n) is 4.45. The number of halogens is 1. The second-order valence-corrected chi connectivity index (χ2v) is 6.51. The molecule has 2 atom stereocenters. The Morgan fingerprint density at radius 1 is 1.59 bits per heavy atom. The highest BCUT2D eigenvalue weighted by atomic mass is 79.9. The number of methoxy groups -OCH3 is 1. The second kappa shape index (κ2) is 6.12. The maximum atomic E-state index is 6.30. The molecule has 2 N–H and O–H groups in total. The van der Waals surface area contributed by atoms with E-state index < -0.39 is 0 Å². The fourth-order valence-electron chi connectivity index (χ4n) is 2.22. The number of hydrogen-bond donors (Lipinski definition) is 1. The predicted molar refractivity (Wildman–Crippen MR) is 77.8 cm³/mol. The van der Waals surface area contributed by atoms with Crippen molar-refractivity contribution in [3.05, 3.63) is 28.2 Å². The van der Waals surface area contributed by atoms with Gasteiger partial charge in [0.25, 0.3) is 0 Å². The molecule has 2 nitrogen and oxygen atoms in total. The molecule has 0 aromatic heterocycles. The molecule has 0 radical (unpaired) electrons. The number of nitrogens with two attached hydrogens (primary N) is 1. The van der Waals surface area contributed by atoms with Crippen LogP contribution in [0.25, 0.3) is 0 Å².